The summed E-state index contributed by atoms with van der Waals surface area (Å²) in [6.07, 6.45) is -3.13. The Hall–Kier alpha value is -1.13. The fraction of sp³-hybridized carbons (Fsp3) is 0.308. The number of hydrogen-bond donors (Lipinski definition) is 2. The molecule has 0 spiro atoms. The molecule has 0 fully saturated rings. The van der Waals surface area contributed by atoms with Crippen molar-refractivity contribution in [2.75, 3.05) is 18.5 Å². The van der Waals surface area contributed by atoms with Gasteiger partial charge < -0.3 is 5.32 Å². The van der Waals surface area contributed by atoms with E-state index >= 15 is 0 Å². The summed E-state index contributed by atoms with van der Waals surface area (Å²) in [6.45, 7) is -0.614. The Morgan fingerprint density at radius 2 is 2.08 bits per heavy atom. The van der Waals surface area contributed by atoms with Crippen LogP contribution < -0.4 is 10.1 Å². The molecule has 0 aromatic heterocycles. The second-order valence-electron chi connectivity index (χ2n) is 5.21. The van der Waals surface area contributed by atoms with Gasteiger partial charge in [0.1, 0.15) is 10.4 Å². The van der Waals surface area contributed by atoms with E-state index in [2.05, 4.69) is 10.1 Å². The minimum absolute atomic E-state index is 0.0947. The number of fused-ring (bicyclic) bond motifs is 1. The summed E-state index contributed by atoms with van der Waals surface area (Å²) in [5.74, 6) is -0.535. The summed E-state index contributed by atoms with van der Waals surface area (Å²) >= 11 is 12.7. The molecule has 24 heavy (non-hydrogen) atoms. The van der Waals surface area contributed by atoms with Gasteiger partial charge in [0, 0.05) is 22.5 Å². The normalized spacial score (nSPS) is 22.0. The van der Waals surface area contributed by atoms with E-state index in [1.54, 1.807) is 0 Å². The van der Waals surface area contributed by atoms with Gasteiger partial charge in [0.2, 0.25) is 5.91 Å². The van der Waals surface area contributed by atoms with Gasteiger partial charge in [-0.2, -0.15) is 18.0 Å². The molecule has 5 nitrogen and oxygen atoms in total. The number of hydrogen-bond acceptors (Lipinski definition) is 5. The molecule has 1 unspecified atom stereocenters. The SMILES string of the molecule is O=C1CN(CN2C=C(Cl)SN2)C(C(F)(F)F)c2cc(Cl)ccc2N1. The Balaban J connectivity index is 2.01. The van der Waals surface area contributed by atoms with Crippen LogP contribution in [0.3, 0.4) is 0 Å². The number of halogens is 5. The fourth-order valence-electron chi connectivity index (χ4n) is 2.59. The molecule has 0 saturated carbocycles. The average molecular weight is 399 g/mol. The van der Waals surface area contributed by atoms with Crippen LogP contribution in [0.15, 0.2) is 28.8 Å². The molecule has 1 aromatic rings. The first-order chi connectivity index (χ1) is 11.2. The highest BCUT2D eigenvalue weighted by atomic mass is 35.5. The number of benzene rings is 1. The maximum absolute atomic E-state index is 13.8. The van der Waals surface area contributed by atoms with E-state index in [1.165, 1.54) is 29.4 Å². The lowest BCUT2D eigenvalue weighted by Crippen LogP contribution is -2.46. The Morgan fingerprint density at radius 3 is 2.71 bits per heavy atom. The van der Waals surface area contributed by atoms with Gasteiger partial charge in [0.15, 0.2) is 0 Å². The largest absolute Gasteiger partial charge is 0.408 e. The summed E-state index contributed by atoms with van der Waals surface area (Å²) in [6, 6.07) is 2.05. The van der Waals surface area contributed by atoms with Gasteiger partial charge in [-0.15, -0.1) is 0 Å². The van der Waals surface area contributed by atoms with Crippen LogP contribution in [0, 0.1) is 0 Å². The second kappa shape index (κ2) is 6.64. The molecule has 3 rings (SSSR count). The van der Waals surface area contributed by atoms with Crippen molar-refractivity contribution in [3.63, 3.8) is 0 Å². The van der Waals surface area contributed by atoms with Gasteiger partial charge in [0.25, 0.3) is 0 Å². The number of nitrogens with one attached hydrogen (secondary N) is 2. The van der Waals surface area contributed by atoms with Crippen LogP contribution >= 0.6 is 35.1 Å². The van der Waals surface area contributed by atoms with E-state index in [0.29, 0.717) is 4.36 Å². The molecule has 2 N–H and O–H groups in total. The fourth-order valence-corrected chi connectivity index (χ4v) is 3.49. The van der Waals surface area contributed by atoms with Gasteiger partial charge in [0.05, 0.1) is 13.2 Å². The second-order valence-corrected chi connectivity index (χ2v) is 7.10. The van der Waals surface area contributed by atoms with Crippen molar-refractivity contribution in [1.29, 1.82) is 0 Å². The summed E-state index contributed by atoms with van der Waals surface area (Å²) in [5, 5.41) is 4.04. The van der Waals surface area contributed by atoms with E-state index in [1.807, 2.05) is 0 Å². The Kier molecular flexibility index (Phi) is 4.89. The summed E-state index contributed by atoms with van der Waals surface area (Å²) in [4.78, 5) is 15.8. The zero-order valence-corrected chi connectivity index (χ0v) is 14.2. The molecule has 1 atom stereocenters. The number of nitrogens with zero attached hydrogens (tertiary/aromatic N) is 2. The van der Waals surface area contributed by atoms with Gasteiger partial charge in [-0.05, 0) is 30.1 Å². The van der Waals surface area contributed by atoms with Crippen molar-refractivity contribution in [3.05, 3.63) is 39.3 Å². The monoisotopic (exact) mass is 398 g/mol. The molecule has 2 aliphatic rings. The number of carbonyl (C=O) groups is 1. The van der Waals surface area contributed by atoms with Crippen LogP contribution in [0.4, 0.5) is 18.9 Å². The van der Waals surface area contributed by atoms with Crippen LogP contribution in [0.5, 0.6) is 0 Å². The lowest BCUT2D eigenvalue weighted by atomic mass is 10.0. The molecule has 2 heterocycles. The predicted molar refractivity (Wildman–Crippen MR) is 87.0 cm³/mol. The molecule has 11 heteroatoms. The highest BCUT2D eigenvalue weighted by Crippen LogP contribution is 2.43. The molecule has 1 amide bonds. The Labute approximate surface area is 149 Å². The molecule has 2 aliphatic heterocycles. The molecule has 1 aromatic carbocycles. The average Bonchev–Trinajstić information content (AvgIpc) is 2.78. The molecule has 0 bridgehead atoms. The summed E-state index contributed by atoms with van der Waals surface area (Å²) < 4.78 is 41.6. The third-order valence-electron chi connectivity index (χ3n) is 3.46. The van der Waals surface area contributed by atoms with E-state index in [0.717, 1.165) is 16.8 Å². The van der Waals surface area contributed by atoms with Crippen LogP contribution in [-0.4, -0.2) is 35.2 Å². The first-order valence-corrected chi connectivity index (χ1v) is 8.28. The van der Waals surface area contributed by atoms with Gasteiger partial charge in [-0.1, -0.05) is 23.2 Å². The maximum atomic E-state index is 13.8. The van der Waals surface area contributed by atoms with Crippen molar-refractivity contribution < 1.29 is 18.0 Å². The van der Waals surface area contributed by atoms with E-state index < -0.39 is 24.7 Å². The zero-order valence-electron chi connectivity index (χ0n) is 11.9. The molecular formula is C13H11Cl2F3N4OS. The molecule has 0 saturated heterocycles. The zero-order chi connectivity index (χ0) is 17.5. The molecule has 0 aliphatic carbocycles. The highest BCUT2D eigenvalue weighted by molar-refractivity contribution is 8.02. The Bertz CT molecular complexity index is 700. The van der Waals surface area contributed by atoms with Gasteiger partial charge >= 0.3 is 6.18 Å². The molecule has 0 radical (unpaired) electrons. The Morgan fingerprint density at radius 1 is 1.33 bits per heavy atom. The lowest BCUT2D eigenvalue weighted by Gasteiger charge is -2.33. The first kappa shape index (κ1) is 17.7. The number of anilines is 1. The third kappa shape index (κ3) is 3.75. The van der Waals surface area contributed by atoms with Crippen molar-refractivity contribution in [1.82, 2.24) is 14.7 Å². The topological polar surface area (TPSA) is 47.6 Å². The maximum Gasteiger partial charge on any atom is 0.408 e. The van der Waals surface area contributed by atoms with Crippen molar-refractivity contribution in [2.24, 2.45) is 0 Å². The van der Waals surface area contributed by atoms with Gasteiger partial charge in [-0.25, -0.2) is 0 Å². The van der Waals surface area contributed by atoms with E-state index in [4.69, 9.17) is 23.2 Å². The number of rotatable bonds is 2. The van der Waals surface area contributed by atoms with Crippen molar-refractivity contribution in [2.45, 2.75) is 12.2 Å². The van der Waals surface area contributed by atoms with E-state index in [9.17, 15) is 18.0 Å². The number of alkyl halides is 3. The van der Waals surface area contributed by atoms with Crippen LogP contribution in [0.25, 0.3) is 0 Å². The van der Waals surface area contributed by atoms with Crippen molar-refractivity contribution in [3.8, 4) is 0 Å². The first-order valence-electron chi connectivity index (χ1n) is 6.70. The van der Waals surface area contributed by atoms with Crippen LogP contribution in [0.2, 0.25) is 5.02 Å². The number of carbonyl (C=O) groups excluding carboxylic acids is 1. The number of amides is 1. The molecule has 130 valence electrons. The van der Waals surface area contributed by atoms with Crippen LogP contribution in [0.1, 0.15) is 11.6 Å². The van der Waals surface area contributed by atoms with Gasteiger partial charge in [-0.3, -0.25) is 14.7 Å². The molecular weight excluding hydrogens is 388 g/mol. The number of hydrazine groups is 1. The highest BCUT2D eigenvalue weighted by Gasteiger charge is 2.48. The third-order valence-corrected chi connectivity index (χ3v) is 4.65. The minimum Gasteiger partial charge on any atom is -0.325 e. The smallest absolute Gasteiger partial charge is 0.325 e. The van der Waals surface area contributed by atoms with Crippen LogP contribution in [-0.2, 0) is 4.79 Å². The van der Waals surface area contributed by atoms with Crippen molar-refractivity contribution >= 4 is 46.7 Å². The van der Waals surface area contributed by atoms with E-state index in [-0.39, 0.29) is 22.9 Å². The lowest BCUT2D eigenvalue weighted by molar-refractivity contribution is -0.190. The minimum atomic E-state index is -4.59. The summed E-state index contributed by atoms with van der Waals surface area (Å²) in [7, 11) is 0. The predicted octanol–water partition coefficient (Wildman–Crippen LogP) is 3.66. The summed E-state index contributed by atoms with van der Waals surface area (Å²) in [5.41, 5.74) is 0.00864. The standard InChI is InChI=1S/C13H11Cl2F3N4OS/c14-7-1-2-9-8(3-7)12(13(16,17)18)21(5-11(23)19-9)6-22-4-10(15)24-20-22/h1-4,12,20H,5-6H2,(H,19,23). The quantitative estimate of drug-likeness (QED) is 0.744.